The molecule has 0 atom stereocenters. The zero-order chi connectivity index (χ0) is 13.5. The van der Waals surface area contributed by atoms with Crippen molar-refractivity contribution in [3.63, 3.8) is 0 Å². The third-order valence-electron chi connectivity index (χ3n) is 2.91. The number of ether oxygens (including phenoxy) is 1. The fraction of sp³-hybridized carbons (Fsp3) is 0.312. The Labute approximate surface area is 126 Å². The maximum Gasteiger partial charge on any atom is 0.120 e. The minimum absolute atomic E-state index is 0. The molecule has 0 saturated carbocycles. The number of rotatable bonds is 6. The van der Waals surface area contributed by atoms with Crippen molar-refractivity contribution in [1.82, 2.24) is 9.55 Å². The average Bonchev–Trinajstić information content (AvgIpc) is 2.92. The van der Waals surface area contributed by atoms with Gasteiger partial charge in [0.25, 0.3) is 0 Å². The number of allylic oxidation sites excluding steroid dienone is 1. The van der Waals surface area contributed by atoms with Crippen LogP contribution in [0.1, 0.15) is 25.3 Å². The Balaban J connectivity index is 0.00000200. The highest BCUT2D eigenvalue weighted by Gasteiger charge is 1.99. The molecule has 0 N–H and O–H groups in total. The first-order valence-electron chi connectivity index (χ1n) is 6.59. The van der Waals surface area contributed by atoms with Crippen LogP contribution in [0.4, 0.5) is 0 Å². The highest BCUT2D eigenvalue weighted by atomic mass is 35.5. The third kappa shape index (κ3) is 5.10. The van der Waals surface area contributed by atoms with Gasteiger partial charge < -0.3 is 9.30 Å². The lowest BCUT2D eigenvalue weighted by Gasteiger charge is -2.08. The minimum atomic E-state index is 0. The summed E-state index contributed by atoms with van der Waals surface area (Å²) in [5, 5.41) is 0. The van der Waals surface area contributed by atoms with E-state index in [0.29, 0.717) is 12.5 Å². The Morgan fingerprint density at radius 1 is 1.30 bits per heavy atom. The molecule has 2 rings (SSSR count). The van der Waals surface area contributed by atoms with Crippen molar-refractivity contribution < 1.29 is 4.74 Å². The molecule has 1 heterocycles. The van der Waals surface area contributed by atoms with Gasteiger partial charge in [0, 0.05) is 18.9 Å². The van der Waals surface area contributed by atoms with Crippen LogP contribution in [0.5, 0.6) is 5.75 Å². The molecule has 0 fully saturated rings. The SMILES string of the molecule is CC(C)c1cccc(OCC=CCn2ccnc2)c1.Cl. The van der Waals surface area contributed by atoms with Gasteiger partial charge in [-0.2, -0.15) is 0 Å². The topological polar surface area (TPSA) is 27.1 Å². The van der Waals surface area contributed by atoms with Crippen LogP contribution in [0.2, 0.25) is 0 Å². The number of hydrogen-bond donors (Lipinski definition) is 0. The van der Waals surface area contributed by atoms with Gasteiger partial charge in [-0.3, -0.25) is 0 Å². The molecule has 0 bridgehead atoms. The summed E-state index contributed by atoms with van der Waals surface area (Å²) in [4.78, 5) is 3.99. The molecule has 3 nitrogen and oxygen atoms in total. The Morgan fingerprint density at radius 3 is 2.85 bits per heavy atom. The molecule has 108 valence electrons. The van der Waals surface area contributed by atoms with E-state index in [4.69, 9.17) is 4.74 Å². The maximum atomic E-state index is 5.70. The zero-order valence-electron chi connectivity index (χ0n) is 11.9. The molecule has 0 saturated heterocycles. The van der Waals surface area contributed by atoms with Gasteiger partial charge in [0.1, 0.15) is 12.4 Å². The smallest absolute Gasteiger partial charge is 0.120 e. The van der Waals surface area contributed by atoms with Crippen LogP contribution in [0.15, 0.2) is 55.1 Å². The van der Waals surface area contributed by atoms with Crippen molar-refractivity contribution in [2.24, 2.45) is 0 Å². The highest BCUT2D eigenvalue weighted by molar-refractivity contribution is 5.85. The van der Waals surface area contributed by atoms with Crippen molar-refractivity contribution in [1.29, 1.82) is 0 Å². The fourth-order valence-corrected chi connectivity index (χ4v) is 1.77. The van der Waals surface area contributed by atoms with Gasteiger partial charge >= 0.3 is 0 Å². The van der Waals surface area contributed by atoms with Crippen LogP contribution < -0.4 is 4.74 Å². The van der Waals surface area contributed by atoms with Crippen LogP contribution in [0.3, 0.4) is 0 Å². The summed E-state index contributed by atoms with van der Waals surface area (Å²) in [6, 6.07) is 8.27. The number of imidazole rings is 1. The predicted octanol–water partition coefficient (Wildman–Crippen LogP) is 4.06. The van der Waals surface area contributed by atoms with E-state index in [0.717, 1.165) is 12.3 Å². The summed E-state index contributed by atoms with van der Waals surface area (Å²) in [5.41, 5.74) is 1.31. The number of aromatic nitrogens is 2. The molecule has 1 aromatic carbocycles. The maximum absolute atomic E-state index is 5.70. The van der Waals surface area contributed by atoms with Crippen molar-refractivity contribution >= 4 is 12.4 Å². The third-order valence-corrected chi connectivity index (χ3v) is 2.91. The molecule has 1 aromatic heterocycles. The molecule has 4 heteroatoms. The van der Waals surface area contributed by atoms with E-state index in [1.165, 1.54) is 5.56 Å². The van der Waals surface area contributed by atoms with E-state index in [-0.39, 0.29) is 12.4 Å². The van der Waals surface area contributed by atoms with Crippen LogP contribution >= 0.6 is 12.4 Å². The number of hydrogen-bond acceptors (Lipinski definition) is 2. The first-order valence-corrected chi connectivity index (χ1v) is 6.59. The van der Waals surface area contributed by atoms with Gasteiger partial charge in [-0.25, -0.2) is 4.98 Å². The number of nitrogens with zero attached hydrogens (tertiary/aromatic N) is 2. The molecule has 0 amide bonds. The van der Waals surface area contributed by atoms with Gasteiger partial charge in [0.2, 0.25) is 0 Å². The lowest BCUT2D eigenvalue weighted by atomic mass is 10.0. The molecule has 0 aliphatic heterocycles. The van der Waals surface area contributed by atoms with Gasteiger partial charge in [-0.1, -0.05) is 32.1 Å². The monoisotopic (exact) mass is 292 g/mol. The summed E-state index contributed by atoms with van der Waals surface area (Å²) in [6.45, 7) is 5.79. The van der Waals surface area contributed by atoms with E-state index >= 15 is 0 Å². The second-order valence-corrected chi connectivity index (χ2v) is 4.77. The standard InChI is InChI=1S/C16H20N2O.ClH/c1-14(2)15-6-5-7-16(12-15)19-11-4-3-9-18-10-8-17-13-18;/h3-8,10,12-14H,9,11H2,1-2H3;1H. The van der Waals surface area contributed by atoms with Gasteiger partial charge in [0.15, 0.2) is 0 Å². The number of halogens is 1. The molecular formula is C16H21ClN2O. The molecule has 0 spiro atoms. The second-order valence-electron chi connectivity index (χ2n) is 4.77. The van der Waals surface area contributed by atoms with Gasteiger partial charge in [0.05, 0.1) is 6.33 Å². The molecule has 0 aliphatic carbocycles. The molecule has 0 unspecified atom stereocenters. The van der Waals surface area contributed by atoms with Crippen molar-refractivity contribution in [2.45, 2.75) is 26.3 Å². The summed E-state index contributed by atoms with van der Waals surface area (Å²) in [5.74, 6) is 1.46. The summed E-state index contributed by atoms with van der Waals surface area (Å²) < 4.78 is 7.71. The zero-order valence-corrected chi connectivity index (χ0v) is 12.7. The van der Waals surface area contributed by atoms with Crippen molar-refractivity contribution in [3.05, 3.63) is 60.7 Å². The molecular weight excluding hydrogens is 272 g/mol. The van der Waals surface area contributed by atoms with Gasteiger partial charge in [-0.15, -0.1) is 12.4 Å². The molecule has 2 aromatic rings. The molecule has 0 radical (unpaired) electrons. The Bertz CT molecular complexity index is 521. The normalized spacial score (nSPS) is 10.8. The van der Waals surface area contributed by atoms with Gasteiger partial charge in [-0.05, 0) is 29.7 Å². The van der Waals surface area contributed by atoms with E-state index < -0.39 is 0 Å². The van der Waals surface area contributed by atoms with Crippen molar-refractivity contribution in [2.75, 3.05) is 6.61 Å². The lowest BCUT2D eigenvalue weighted by Crippen LogP contribution is -1.96. The first kappa shape index (κ1) is 16.3. The average molecular weight is 293 g/mol. The van der Waals surface area contributed by atoms with Crippen LogP contribution in [-0.2, 0) is 6.54 Å². The summed E-state index contributed by atoms with van der Waals surface area (Å²) >= 11 is 0. The van der Waals surface area contributed by atoms with E-state index in [9.17, 15) is 0 Å². The van der Waals surface area contributed by atoms with Crippen LogP contribution in [0, 0.1) is 0 Å². The minimum Gasteiger partial charge on any atom is -0.490 e. The Kier molecular flexibility index (Phi) is 6.88. The molecule has 0 aliphatic rings. The quantitative estimate of drug-likeness (QED) is 0.751. The van der Waals surface area contributed by atoms with E-state index in [1.54, 1.807) is 12.5 Å². The Morgan fingerprint density at radius 2 is 2.15 bits per heavy atom. The largest absolute Gasteiger partial charge is 0.490 e. The second kappa shape index (κ2) is 8.43. The Hall–Kier alpha value is -1.74. The van der Waals surface area contributed by atoms with Crippen LogP contribution in [0.25, 0.3) is 0 Å². The summed E-state index contributed by atoms with van der Waals surface area (Å²) in [6.07, 6.45) is 9.63. The van der Waals surface area contributed by atoms with E-state index in [2.05, 4.69) is 37.0 Å². The van der Waals surface area contributed by atoms with Crippen molar-refractivity contribution in [3.8, 4) is 5.75 Å². The van der Waals surface area contributed by atoms with E-state index in [1.807, 2.05) is 29.0 Å². The highest BCUT2D eigenvalue weighted by Crippen LogP contribution is 2.19. The number of benzene rings is 1. The summed E-state index contributed by atoms with van der Waals surface area (Å²) in [7, 11) is 0. The lowest BCUT2D eigenvalue weighted by molar-refractivity contribution is 0.362. The fourth-order valence-electron chi connectivity index (χ4n) is 1.77. The van der Waals surface area contributed by atoms with Crippen LogP contribution in [-0.4, -0.2) is 16.2 Å². The predicted molar refractivity (Wildman–Crippen MR) is 84.6 cm³/mol. The first-order chi connectivity index (χ1) is 9.25. The molecule has 20 heavy (non-hydrogen) atoms.